The summed E-state index contributed by atoms with van der Waals surface area (Å²) in [5.74, 6) is -1.13. The summed E-state index contributed by atoms with van der Waals surface area (Å²) in [7, 11) is 2.40. The molecule has 2 aromatic rings. The monoisotopic (exact) mass is 877 g/mol. The molecule has 0 saturated carbocycles. The molecule has 0 bridgehead atoms. The van der Waals surface area contributed by atoms with Crippen LogP contribution in [0.15, 0.2) is 73.3 Å². The lowest BCUT2D eigenvalue weighted by Gasteiger charge is -2.32. The Morgan fingerprint density at radius 1 is 0.714 bits per heavy atom. The number of methoxy groups -OCH3 is 2. The maximum atomic E-state index is 13.1. The van der Waals surface area contributed by atoms with E-state index >= 15 is 0 Å². The fourth-order valence-corrected chi connectivity index (χ4v) is 8.26. The van der Waals surface area contributed by atoms with Gasteiger partial charge in [0, 0.05) is 50.1 Å². The number of rotatable bonds is 14. The van der Waals surface area contributed by atoms with E-state index in [9.17, 15) is 19.2 Å². The summed E-state index contributed by atoms with van der Waals surface area (Å²) >= 11 is 0. The Labute approximate surface area is 376 Å². The van der Waals surface area contributed by atoms with Crippen molar-refractivity contribution >= 4 is 31.2 Å². The van der Waals surface area contributed by atoms with Crippen molar-refractivity contribution in [3.05, 3.63) is 84.4 Å². The van der Waals surface area contributed by atoms with E-state index in [1.54, 1.807) is 26.8 Å². The van der Waals surface area contributed by atoms with E-state index in [-0.39, 0.29) is 42.2 Å². The summed E-state index contributed by atoms with van der Waals surface area (Å²) in [5, 5.41) is 7.07. The third-order valence-electron chi connectivity index (χ3n) is 12.0. The van der Waals surface area contributed by atoms with Gasteiger partial charge in [0.15, 0.2) is 0 Å². The summed E-state index contributed by atoms with van der Waals surface area (Å²) < 4.78 is 33.6. The fraction of sp³-hybridized carbons (Fsp3) is 0.625. The third-order valence-corrected chi connectivity index (χ3v) is 12.0. The third kappa shape index (κ3) is 14.3. The van der Waals surface area contributed by atoms with Crippen molar-refractivity contribution in [1.29, 1.82) is 0 Å². The number of nitrogens with one attached hydrogen (secondary N) is 2. The minimum atomic E-state index is -0.726. The molecule has 0 aliphatic carbocycles. The van der Waals surface area contributed by atoms with Crippen LogP contribution < -0.4 is 10.6 Å². The summed E-state index contributed by atoms with van der Waals surface area (Å²) in [6, 6.07) is 18.5. The van der Waals surface area contributed by atoms with Crippen LogP contribution in [0.3, 0.4) is 0 Å². The van der Waals surface area contributed by atoms with Gasteiger partial charge in [-0.25, -0.2) is 19.2 Å². The van der Waals surface area contributed by atoms with Crippen molar-refractivity contribution in [2.75, 3.05) is 27.3 Å². The van der Waals surface area contributed by atoms with E-state index in [1.807, 2.05) is 97.0 Å². The summed E-state index contributed by atoms with van der Waals surface area (Å²) in [6.07, 6.45) is 3.54. The largest absolute Gasteiger partial charge is 0.467 e. The zero-order valence-corrected chi connectivity index (χ0v) is 39.7. The maximum absolute atomic E-state index is 13.1. The normalized spacial score (nSPS) is 24.0. The van der Waals surface area contributed by atoms with Gasteiger partial charge in [-0.15, -0.1) is 6.58 Å². The average Bonchev–Trinajstić information content (AvgIpc) is 3.83. The molecule has 0 radical (unpaired) electrons. The molecule has 3 fully saturated rings. The Morgan fingerprint density at radius 2 is 1.11 bits per heavy atom. The minimum absolute atomic E-state index is 0.0696. The van der Waals surface area contributed by atoms with Crippen molar-refractivity contribution < 1.29 is 47.4 Å². The lowest BCUT2D eigenvalue weighted by atomic mass is 9.79. The van der Waals surface area contributed by atoms with Crippen molar-refractivity contribution in [1.82, 2.24) is 20.4 Å². The second kappa shape index (κ2) is 22.0. The highest BCUT2D eigenvalue weighted by Crippen LogP contribution is 2.39. The van der Waals surface area contributed by atoms with Crippen LogP contribution in [0.1, 0.15) is 99.6 Å². The van der Waals surface area contributed by atoms with Crippen LogP contribution in [-0.2, 0) is 50.9 Å². The summed E-state index contributed by atoms with van der Waals surface area (Å²) in [4.78, 5) is 54.3. The van der Waals surface area contributed by atoms with E-state index in [2.05, 4.69) is 29.3 Å². The average molecular weight is 877 g/mol. The van der Waals surface area contributed by atoms with Crippen molar-refractivity contribution in [3.8, 4) is 0 Å². The first-order valence-corrected chi connectivity index (χ1v) is 22.2. The molecular weight excluding hydrogens is 803 g/mol. The summed E-state index contributed by atoms with van der Waals surface area (Å²) in [6.45, 7) is 24.9. The molecule has 3 aliphatic rings. The van der Waals surface area contributed by atoms with Gasteiger partial charge >= 0.3 is 31.2 Å². The predicted octanol–water partition coefficient (Wildman–Crippen LogP) is 7.56. The highest BCUT2D eigenvalue weighted by molar-refractivity contribution is 6.45. The molecule has 2 amide bonds. The number of amides is 2. The minimum Gasteiger partial charge on any atom is -0.467 e. The van der Waals surface area contributed by atoms with E-state index in [0.29, 0.717) is 45.3 Å². The van der Waals surface area contributed by atoms with Crippen molar-refractivity contribution in [2.45, 2.75) is 154 Å². The van der Waals surface area contributed by atoms with Crippen LogP contribution in [-0.4, -0.2) is 115 Å². The number of hydrogen-bond acceptors (Lipinski definition) is 12. The predicted molar refractivity (Wildman–Crippen MR) is 244 cm³/mol. The van der Waals surface area contributed by atoms with Gasteiger partial charge < -0.3 is 38.9 Å². The second-order valence-corrected chi connectivity index (χ2v) is 19.6. The Kier molecular flexibility index (Phi) is 17.9. The van der Waals surface area contributed by atoms with Gasteiger partial charge in [-0.05, 0) is 99.5 Å². The fourth-order valence-electron chi connectivity index (χ4n) is 8.26. The molecule has 0 aromatic heterocycles. The van der Waals surface area contributed by atoms with Gasteiger partial charge in [0.2, 0.25) is 0 Å². The molecule has 2 N–H and O–H groups in total. The van der Waals surface area contributed by atoms with Crippen LogP contribution in [0.5, 0.6) is 0 Å². The van der Waals surface area contributed by atoms with Crippen molar-refractivity contribution in [2.24, 2.45) is 11.8 Å². The van der Waals surface area contributed by atoms with Gasteiger partial charge in [0.05, 0.1) is 25.4 Å². The molecule has 6 atom stereocenters. The van der Waals surface area contributed by atoms with E-state index in [1.165, 1.54) is 24.0 Å². The first-order valence-electron chi connectivity index (χ1n) is 22.2. The number of esters is 2. The second-order valence-electron chi connectivity index (χ2n) is 19.6. The lowest BCUT2D eigenvalue weighted by Crippen LogP contribution is -2.46. The van der Waals surface area contributed by atoms with Gasteiger partial charge in [-0.2, -0.15) is 0 Å². The number of ether oxygens (including phenoxy) is 4. The molecule has 348 valence electrons. The van der Waals surface area contributed by atoms with E-state index in [4.69, 9.17) is 28.3 Å². The SMILES string of the molecule is C=CCC1C(NCc2ccccc2)CN(C(=O)OC(C)(C)C)[C@@H]1C(=O)OC.COC(=O)[C@@H]1C(CCCB2OC(C)(C)C(C)(C)O2)C(NCc2ccccc2)CN1C(=O)OC(C)(C)C. The standard InChI is InChI=1S/C27H43BN2O6.C21H30N2O4/c1-25(2,3)34-24(32)30-18-21(29-17-19-13-10-9-11-14-19)20(22(30)23(31)33-8)15-12-16-28-35-26(4,5)27(6,7)36-28;1-6-10-16-17(22-13-15-11-8-7-9-12-15)14-23(18(16)19(24)26-5)20(25)27-21(2,3)4/h9-11,13-14,20-22,29H,12,15-18H2,1-8H3;6-9,11-12,16-18,22H,1,10,13-14H2,2-5H3/t20?,21?,22-;16?,17?,18-/m00/s1. The zero-order valence-electron chi connectivity index (χ0n) is 39.7. The molecule has 2 aromatic carbocycles. The molecule has 4 unspecified atom stereocenters. The highest BCUT2D eigenvalue weighted by atomic mass is 16.7. The Bertz CT molecular complexity index is 1800. The Hall–Kier alpha value is -4.44. The van der Waals surface area contributed by atoms with Gasteiger partial charge in [-0.1, -0.05) is 73.2 Å². The lowest BCUT2D eigenvalue weighted by molar-refractivity contribution is -0.147. The molecule has 3 aliphatic heterocycles. The van der Waals surface area contributed by atoms with Crippen LogP contribution >= 0.6 is 0 Å². The number of benzene rings is 2. The summed E-state index contributed by atoms with van der Waals surface area (Å²) in [5.41, 5.74) is 0.208. The number of hydrogen-bond donors (Lipinski definition) is 2. The smallest absolute Gasteiger partial charge is 0.457 e. The molecule has 3 saturated heterocycles. The van der Waals surface area contributed by atoms with E-state index < -0.39 is 47.4 Å². The first-order chi connectivity index (χ1) is 29.5. The van der Waals surface area contributed by atoms with Crippen LogP contribution in [0.2, 0.25) is 6.32 Å². The highest BCUT2D eigenvalue weighted by Gasteiger charge is 2.53. The Balaban J connectivity index is 0.000000288. The molecular formula is C48H73BN4O10. The van der Waals surface area contributed by atoms with Gasteiger partial charge in [0.25, 0.3) is 0 Å². The van der Waals surface area contributed by atoms with Gasteiger partial charge in [-0.3, -0.25) is 9.80 Å². The molecule has 0 spiro atoms. The number of allylic oxidation sites excluding steroid dienone is 1. The number of carbonyl (C=O) groups excluding carboxylic acids is 4. The number of carbonyl (C=O) groups is 4. The number of likely N-dealkylation sites (tertiary alicyclic amines) is 2. The zero-order chi connectivity index (χ0) is 46.8. The van der Waals surface area contributed by atoms with Gasteiger partial charge in [0.1, 0.15) is 23.3 Å². The van der Waals surface area contributed by atoms with E-state index in [0.717, 1.165) is 17.5 Å². The van der Waals surface area contributed by atoms with Crippen LogP contribution in [0.25, 0.3) is 0 Å². The van der Waals surface area contributed by atoms with Crippen molar-refractivity contribution in [3.63, 3.8) is 0 Å². The molecule has 63 heavy (non-hydrogen) atoms. The Morgan fingerprint density at radius 3 is 1.49 bits per heavy atom. The first kappa shape index (κ1) is 51.2. The molecule has 5 rings (SSSR count). The molecule has 14 nitrogen and oxygen atoms in total. The maximum Gasteiger partial charge on any atom is 0.457 e. The van der Waals surface area contributed by atoms with Crippen LogP contribution in [0.4, 0.5) is 9.59 Å². The number of nitrogens with zero attached hydrogens (tertiary/aromatic N) is 2. The molecule has 3 heterocycles. The quantitative estimate of drug-likeness (QED) is 0.0834. The molecule has 15 heteroatoms. The topological polar surface area (TPSA) is 154 Å². The van der Waals surface area contributed by atoms with Crippen LogP contribution in [0, 0.1) is 11.8 Å².